The highest BCUT2D eigenvalue weighted by molar-refractivity contribution is 5.74. The lowest BCUT2D eigenvalue weighted by Gasteiger charge is -2.19. The van der Waals surface area contributed by atoms with Crippen LogP contribution in [0.2, 0.25) is 0 Å². The first kappa shape index (κ1) is 11.1. The van der Waals surface area contributed by atoms with Gasteiger partial charge in [-0.2, -0.15) is 0 Å². The first-order valence-corrected chi connectivity index (χ1v) is 6.04. The van der Waals surface area contributed by atoms with Crippen molar-refractivity contribution < 1.29 is 9.53 Å². The summed E-state index contributed by atoms with van der Waals surface area (Å²) in [5.41, 5.74) is 0.925. The molecule has 0 radical (unpaired) electrons. The van der Waals surface area contributed by atoms with Crippen LogP contribution in [0.5, 0.6) is 0 Å². The van der Waals surface area contributed by atoms with Crippen LogP contribution in [0, 0.1) is 5.92 Å². The number of rotatable bonds is 2. The van der Waals surface area contributed by atoms with Crippen molar-refractivity contribution in [3.05, 3.63) is 30.6 Å². The second kappa shape index (κ2) is 4.33. The lowest BCUT2D eigenvalue weighted by molar-refractivity contribution is -0.144. The summed E-state index contributed by atoms with van der Waals surface area (Å²) in [7, 11) is 1.45. The van der Waals surface area contributed by atoms with Crippen molar-refractivity contribution in [1.82, 2.24) is 9.38 Å². The van der Waals surface area contributed by atoms with Gasteiger partial charge in [0.2, 0.25) is 0 Å². The third-order valence-corrected chi connectivity index (χ3v) is 3.45. The molecule has 0 saturated carbocycles. The largest absolute Gasteiger partial charge is 0.469 e. The van der Waals surface area contributed by atoms with E-state index in [1.807, 2.05) is 28.8 Å². The Labute approximate surface area is 105 Å². The van der Waals surface area contributed by atoms with Gasteiger partial charge >= 0.3 is 5.97 Å². The third-order valence-electron chi connectivity index (χ3n) is 3.45. The molecule has 18 heavy (non-hydrogen) atoms. The van der Waals surface area contributed by atoms with Crippen molar-refractivity contribution in [1.29, 1.82) is 0 Å². The van der Waals surface area contributed by atoms with E-state index in [4.69, 9.17) is 4.74 Å². The first-order chi connectivity index (χ1) is 8.79. The van der Waals surface area contributed by atoms with Crippen LogP contribution in [-0.4, -0.2) is 35.6 Å². The summed E-state index contributed by atoms with van der Waals surface area (Å²) >= 11 is 0. The van der Waals surface area contributed by atoms with E-state index in [0.29, 0.717) is 6.54 Å². The fraction of sp³-hybridized carbons (Fsp3) is 0.385. The maximum atomic E-state index is 11.5. The number of imidazole rings is 1. The van der Waals surface area contributed by atoms with Crippen LogP contribution in [0.3, 0.4) is 0 Å². The molecule has 0 spiro atoms. The standard InChI is InChI=1S/C13H15N3O2/c1-18-13(17)10-5-7-15(9-10)12-4-2-3-11-14-6-8-16(11)12/h2-4,6,8,10H,5,7,9H2,1H3. The smallest absolute Gasteiger partial charge is 0.310 e. The average Bonchev–Trinajstić information content (AvgIpc) is 3.05. The Morgan fingerprint density at radius 2 is 2.39 bits per heavy atom. The molecule has 0 aliphatic carbocycles. The van der Waals surface area contributed by atoms with Crippen molar-refractivity contribution in [2.24, 2.45) is 5.92 Å². The summed E-state index contributed by atoms with van der Waals surface area (Å²) in [6.07, 6.45) is 4.57. The molecule has 1 fully saturated rings. The molecule has 2 aromatic heterocycles. The SMILES string of the molecule is COC(=O)C1CCN(c2cccc3nccn23)C1. The Hall–Kier alpha value is -2.04. The van der Waals surface area contributed by atoms with E-state index in [1.54, 1.807) is 6.20 Å². The minimum Gasteiger partial charge on any atom is -0.469 e. The van der Waals surface area contributed by atoms with Crippen LogP contribution in [-0.2, 0) is 9.53 Å². The summed E-state index contributed by atoms with van der Waals surface area (Å²) in [5.74, 6) is 0.945. The van der Waals surface area contributed by atoms with Crippen molar-refractivity contribution in [3.8, 4) is 0 Å². The molecule has 1 saturated heterocycles. The minimum absolute atomic E-state index is 0.0197. The zero-order chi connectivity index (χ0) is 12.5. The number of anilines is 1. The zero-order valence-electron chi connectivity index (χ0n) is 10.2. The molecule has 1 atom stereocenters. The fourth-order valence-electron chi connectivity index (χ4n) is 2.52. The number of methoxy groups -OCH3 is 1. The van der Waals surface area contributed by atoms with Gasteiger partial charge in [-0.1, -0.05) is 6.07 Å². The van der Waals surface area contributed by atoms with Crippen molar-refractivity contribution >= 4 is 17.4 Å². The lowest BCUT2D eigenvalue weighted by atomic mass is 10.1. The lowest BCUT2D eigenvalue weighted by Crippen LogP contribution is -2.25. The molecule has 0 N–H and O–H groups in total. The summed E-state index contributed by atoms with van der Waals surface area (Å²) in [4.78, 5) is 18.0. The molecule has 3 rings (SSSR count). The summed E-state index contributed by atoms with van der Waals surface area (Å²) in [5, 5.41) is 0. The number of carbonyl (C=O) groups excluding carboxylic acids is 1. The molecule has 1 aliphatic rings. The van der Waals surface area contributed by atoms with Gasteiger partial charge in [0.25, 0.3) is 0 Å². The Morgan fingerprint density at radius 1 is 1.50 bits per heavy atom. The number of nitrogens with zero attached hydrogens (tertiary/aromatic N) is 3. The average molecular weight is 245 g/mol. The molecular weight excluding hydrogens is 230 g/mol. The van der Waals surface area contributed by atoms with Crippen LogP contribution in [0.25, 0.3) is 5.65 Å². The summed E-state index contributed by atoms with van der Waals surface area (Å²) < 4.78 is 6.85. The Bertz CT molecular complexity index is 578. The Balaban J connectivity index is 1.88. The van der Waals surface area contributed by atoms with Gasteiger partial charge in [0, 0.05) is 25.5 Å². The molecule has 0 aromatic carbocycles. The summed E-state index contributed by atoms with van der Waals surface area (Å²) in [6.45, 7) is 1.58. The van der Waals surface area contributed by atoms with Crippen LogP contribution < -0.4 is 4.90 Å². The van der Waals surface area contributed by atoms with Gasteiger partial charge in [-0.25, -0.2) is 4.98 Å². The first-order valence-electron chi connectivity index (χ1n) is 6.04. The third kappa shape index (κ3) is 1.72. The van der Waals surface area contributed by atoms with Crippen molar-refractivity contribution in [2.75, 3.05) is 25.1 Å². The molecular formula is C13H15N3O2. The minimum atomic E-state index is -0.115. The fourth-order valence-corrected chi connectivity index (χ4v) is 2.52. The topological polar surface area (TPSA) is 46.8 Å². The number of pyridine rings is 1. The van der Waals surface area contributed by atoms with E-state index < -0.39 is 0 Å². The molecule has 5 heteroatoms. The second-order valence-corrected chi connectivity index (χ2v) is 4.49. The Morgan fingerprint density at radius 3 is 3.22 bits per heavy atom. The number of aromatic nitrogens is 2. The van der Waals surface area contributed by atoms with Gasteiger partial charge in [0.05, 0.1) is 13.0 Å². The molecule has 5 nitrogen and oxygen atoms in total. The molecule has 0 amide bonds. The second-order valence-electron chi connectivity index (χ2n) is 4.49. The van der Waals surface area contributed by atoms with E-state index in [1.165, 1.54) is 7.11 Å². The number of esters is 1. The van der Waals surface area contributed by atoms with E-state index in [2.05, 4.69) is 9.88 Å². The summed E-state index contributed by atoms with van der Waals surface area (Å²) in [6, 6.07) is 6.01. The van der Waals surface area contributed by atoms with Crippen LogP contribution >= 0.6 is 0 Å². The molecule has 0 bridgehead atoms. The van der Waals surface area contributed by atoms with Crippen molar-refractivity contribution in [3.63, 3.8) is 0 Å². The van der Waals surface area contributed by atoms with E-state index in [-0.39, 0.29) is 11.9 Å². The molecule has 1 aliphatic heterocycles. The molecule has 94 valence electrons. The molecule has 1 unspecified atom stereocenters. The van der Waals surface area contributed by atoms with Gasteiger partial charge in [0.1, 0.15) is 11.5 Å². The maximum Gasteiger partial charge on any atom is 0.310 e. The quantitative estimate of drug-likeness (QED) is 0.749. The Kier molecular flexibility index (Phi) is 2.66. The number of hydrogen-bond donors (Lipinski definition) is 0. The van der Waals surface area contributed by atoms with Gasteiger partial charge in [-0.3, -0.25) is 9.20 Å². The number of carbonyl (C=O) groups is 1. The molecule has 2 aromatic rings. The van der Waals surface area contributed by atoms with Gasteiger partial charge in [-0.05, 0) is 18.6 Å². The predicted molar refractivity (Wildman–Crippen MR) is 67.5 cm³/mol. The van der Waals surface area contributed by atoms with E-state index in [9.17, 15) is 4.79 Å². The zero-order valence-corrected chi connectivity index (χ0v) is 10.2. The maximum absolute atomic E-state index is 11.5. The monoisotopic (exact) mass is 245 g/mol. The number of fused-ring (bicyclic) bond motifs is 1. The van der Waals surface area contributed by atoms with Gasteiger partial charge < -0.3 is 9.64 Å². The van der Waals surface area contributed by atoms with Crippen LogP contribution in [0.4, 0.5) is 5.82 Å². The van der Waals surface area contributed by atoms with Crippen LogP contribution in [0.15, 0.2) is 30.6 Å². The van der Waals surface area contributed by atoms with E-state index in [0.717, 1.165) is 24.4 Å². The highest BCUT2D eigenvalue weighted by atomic mass is 16.5. The molecule has 3 heterocycles. The van der Waals surface area contributed by atoms with Crippen LogP contribution in [0.1, 0.15) is 6.42 Å². The highest BCUT2D eigenvalue weighted by Gasteiger charge is 2.29. The van der Waals surface area contributed by atoms with Gasteiger partial charge in [-0.15, -0.1) is 0 Å². The number of hydrogen-bond acceptors (Lipinski definition) is 4. The van der Waals surface area contributed by atoms with Gasteiger partial charge in [0.15, 0.2) is 0 Å². The van der Waals surface area contributed by atoms with E-state index >= 15 is 0 Å². The number of ether oxygens (including phenoxy) is 1. The highest BCUT2D eigenvalue weighted by Crippen LogP contribution is 2.25. The normalized spacial score (nSPS) is 19.4. The predicted octanol–water partition coefficient (Wildman–Crippen LogP) is 1.33. The van der Waals surface area contributed by atoms with Crippen molar-refractivity contribution in [2.45, 2.75) is 6.42 Å².